The van der Waals surface area contributed by atoms with Crippen molar-refractivity contribution in [3.63, 3.8) is 0 Å². The van der Waals surface area contributed by atoms with Crippen LogP contribution in [-0.4, -0.2) is 64.8 Å². The fourth-order valence-corrected chi connectivity index (χ4v) is 2.21. The second kappa shape index (κ2) is 7.37. The lowest BCUT2D eigenvalue weighted by Gasteiger charge is -2.39. The van der Waals surface area contributed by atoms with Crippen LogP contribution in [0.25, 0.3) is 0 Å². The van der Waals surface area contributed by atoms with Crippen LogP contribution in [0.3, 0.4) is 0 Å². The van der Waals surface area contributed by atoms with Crippen molar-refractivity contribution in [1.82, 2.24) is 0 Å². The molecule has 1 aliphatic rings. The maximum Gasteiger partial charge on any atom is 0.263 e. The lowest BCUT2D eigenvalue weighted by Crippen LogP contribution is -2.60. The summed E-state index contributed by atoms with van der Waals surface area (Å²) < 4.78 is 40.8. The molecule has 0 saturated carbocycles. The molecular weight excluding hydrogens is 318 g/mol. The van der Waals surface area contributed by atoms with Gasteiger partial charge in [0.1, 0.15) is 24.4 Å². The number of hydrogen-bond acceptors (Lipinski definition) is 7. The number of aliphatic hydroxyl groups excluding tert-OH is 4. The van der Waals surface area contributed by atoms with Gasteiger partial charge in [-0.2, -0.15) is 0 Å². The van der Waals surface area contributed by atoms with Crippen LogP contribution >= 0.6 is 0 Å². The molecule has 5 atom stereocenters. The van der Waals surface area contributed by atoms with E-state index in [1.54, 1.807) is 0 Å². The Kier molecular flexibility index (Phi) is 5.71. The highest BCUT2D eigenvalue weighted by molar-refractivity contribution is 5.43. The molecular formula is C14H18F2O7. The summed E-state index contributed by atoms with van der Waals surface area (Å²) in [5, 5.41) is 38.4. The molecule has 23 heavy (non-hydrogen) atoms. The molecule has 9 heteroatoms. The second-order valence-corrected chi connectivity index (χ2v) is 5.03. The van der Waals surface area contributed by atoms with Gasteiger partial charge in [0, 0.05) is 5.56 Å². The summed E-state index contributed by atoms with van der Waals surface area (Å²) in [7, 11) is 1.25. The van der Waals surface area contributed by atoms with Crippen molar-refractivity contribution in [3.8, 4) is 11.5 Å². The number of ether oxygens (including phenoxy) is 3. The van der Waals surface area contributed by atoms with Gasteiger partial charge in [0.25, 0.3) is 6.43 Å². The lowest BCUT2D eigenvalue weighted by molar-refractivity contribution is -0.277. The van der Waals surface area contributed by atoms with Crippen LogP contribution in [-0.2, 0) is 4.74 Å². The maximum absolute atomic E-state index is 12.7. The van der Waals surface area contributed by atoms with E-state index in [-0.39, 0.29) is 17.1 Å². The first-order chi connectivity index (χ1) is 10.9. The largest absolute Gasteiger partial charge is 0.493 e. The molecule has 1 fully saturated rings. The van der Waals surface area contributed by atoms with Gasteiger partial charge in [-0.25, -0.2) is 8.78 Å². The second-order valence-electron chi connectivity index (χ2n) is 5.03. The zero-order chi connectivity index (χ0) is 17.1. The summed E-state index contributed by atoms with van der Waals surface area (Å²) in [5.41, 5.74) is -0.275. The summed E-state index contributed by atoms with van der Waals surface area (Å²) in [5.74, 6) is -0.0130. The van der Waals surface area contributed by atoms with E-state index >= 15 is 0 Å². The highest BCUT2D eigenvalue weighted by atomic mass is 19.3. The van der Waals surface area contributed by atoms with Crippen LogP contribution in [0.1, 0.15) is 12.0 Å². The SMILES string of the molecule is COc1cc(C(F)F)ccc1O[C@@H]1O[C@H](CO)[C@@H](O)[C@H](O)[C@H]1O. The van der Waals surface area contributed by atoms with E-state index in [0.717, 1.165) is 12.1 Å². The van der Waals surface area contributed by atoms with E-state index in [2.05, 4.69) is 0 Å². The highest BCUT2D eigenvalue weighted by Crippen LogP contribution is 2.34. The maximum atomic E-state index is 12.7. The predicted molar refractivity (Wildman–Crippen MR) is 72.3 cm³/mol. The van der Waals surface area contributed by atoms with E-state index in [9.17, 15) is 24.1 Å². The lowest BCUT2D eigenvalue weighted by atomic mass is 9.99. The van der Waals surface area contributed by atoms with Crippen LogP contribution in [0.4, 0.5) is 8.78 Å². The third-order valence-corrected chi connectivity index (χ3v) is 3.53. The average molecular weight is 336 g/mol. The Balaban J connectivity index is 2.20. The number of hydrogen-bond donors (Lipinski definition) is 4. The van der Waals surface area contributed by atoms with Crippen LogP contribution in [0.15, 0.2) is 18.2 Å². The smallest absolute Gasteiger partial charge is 0.263 e. The number of alkyl halides is 2. The van der Waals surface area contributed by atoms with Crippen molar-refractivity contribution in [3.05, 3.63) is 23.8 Å². The average Bonchev–Trinajstić information content (AvgIpc) is 2.55. The van der Waals surface area contributed by atoms with Crippen molar-refractivity contribution in [2.45, 2.75) is 37.1 Å². The van der Waals surface area contributed by atoms with Gasteiger partial charge in [-0.1, -0.05) is 0 Å². The molecule has 1 aromatic carbocycles. The number of methoxy groups -OCH3 is 1. The van der Waals surface area contributed by atoms with Gasteiger partial charge in [0.15, 0.2) is 11.5 Å². The first-order valence-electron chi connectivity index (χ1n) is 6.82. The molecule has 1 heterocycles. The van der Waals surface area contributed by atoms with Gasteiger partial charge in [-0.05, 0) is 18.2 Å². The quantitative estimate of drug-likeness (QED) is 0.590. The minimum atomic E-state index is -2.69. The molecule has 130 valence electrons. The molecule has 4 N–H and O–H groups in total. The van der Waals surface area contributed by atoms with E-state index in [4.69, 9.17) is 19.3 Å². The van der Waals surface area contributed by atoms with Gasteiger partial charge in [-0.15, -0.1) is 0 Å². The Morgan fingerprint density at radius 3 is 2.39 bits per heavy atom. The van der Waals surface area contributed by atoms with Crippen molar-refractivity contribution in [2.24, 2.45) is 0 Å². The minimum Gasteiger partial charge on any atom is -0.493 e. The van der Waals surface area contributed by atoms with Gasteiger partial charge in [0.05, 0.1) is 13.7 Å². The Morgan fingerprint density at radius 1 is 1.13 bits per heavy atom. The topological polar surface area (TPSA) is 109 Å². The zero-order valence-corrected chi connectivity index (χ0v) is 12.2. The Bertz CT molecular complexity index is 526. The van der Waals surface area contributed by atoms with Gasteiger partial charge in [-0.3, -0.25) is 0 Å². The molecule has 0 bridgehead atoms. The van der Waals surface area contributed by atoms with E-state index < -0.39 is 43.7 Å². The third-order valence-electron chi connectivity index (χ3n) is 3.53. The third kappa shape index (κ3) is 3.70. The molecule has 0 radical (unpaired) electrons. The Hall–Kier alpha value is -1.52. The molecule has 0 aliphatic carbocycles. The molecule has 0 spiro atoms. The molecule has 0 unspecified atom stereocenters. The summed E-state index contributed by atoms with van der Waals surface area (Å²) in [6.07, 6.45) is -9.96. The summed E-state index contributed by atoms with van der Waals surface area (Å²) in [4.78, 5) is 0. The Morgan fingerprint density at radius 2 is 1.83 bits per heavy atom. The van der Waals surface area contributed by atoms with Crippen LogP contribution in [0, 0.1) is 0 Å². The molecule has 2 rings (SSSR count). The summed E-state index contributed by atoms with van der Waals surface area (Å²) in [6, 6.07) is 3.40. The molecule has 1 aliphatic heterocycles. The van der Waals surface area contributed by atoms with Crippen LogP contribution in [0.2, 0.25) is 0 Å². The highest BCUT2D eigenvalue weighted by Gasteiger charge is 2.44. The predicted octanol–water partition coefficient (Wildman–Crippen LogP) is -0.189. The number of benzene rings is 1. The van der Waals surface area contributed by atoms with Gasteiger partial charge in [0.2, 0.25) is 6.29 Å². The molecule has 0 amide bonds. The number of aliphatic hydroxyl groups is 4. The molecule has 1 saturated heterocycles. The first kappa shape index (κ1) is 17.8. The number of halogens is 2. The normalized spacial score (nSPS) is 31.2. The van der Waals surface area contributed by atoms with Crippen molar-refractivity contribution in [2.75, 3.05) is 13.7 Å². The summed E-state index contributed by atoms with van der Waals surface area (Å²) >= 11 is 0. The van der Waals surface area contributed by atoms with E-state index in [1.807, 2.05) is 0 Å². The fraction of sp³-hybridized carbons (Fsp3) is 0.571. The number of rotatable bonds is 5. The first-order valence-corrected chi connectivity index (χ1v) is 6.82. The minimum absolute atomic E-state index is 0.00114. The van der Waals surface area contributed by atoms with Gasteiger partial charge >= 0.3 is 0 Å². The van der Waals surface area contributed by atoms with Crippen molar-refractivity contribution < 1.29 is 43.4 Å². The fourth-order valence-electron chi connectivity index (χ4n) is 2.21. The molecule has 0 aromatic heterocycles. The van der Waals surface area contributed by atoms with Crippen molar-refractivity contribution in [1.29, 1.82) is 0 Å². The molecule has 1 aromatic rings. The standard InChI is InChI=1S/C14H18F2O7/c1-21-8-4-6(13(15)16)2-3-7(8)22-14-12(20)11(19)10(18)9(5-17)23-14/h2-4,9-14,17-20H,5H2,1H3/t9-,10-,11+,12-,14-/m1/s1. The van der Waals surface area contributed by atoms with Crippen molar-refractivity contribution >= 4 is 0 Å². The van der Waals surface area contributed by atoms with Crippen LogP contribution in [0.5, 0.6) is 11.5 Å². The van der Waals surface area contributed by atoms with Gasteiger partial charge < -0.3 is 34.6 Å². The summed E-state index contributed by atoms with van der Waals surface area (Å²) in [6.45, 7) is -0.605. The van der Waals surface area contributed by atoms with E-state index in [1.165, 1.54) is 13.2 Å². The molecule has 7 nitrogen and oxygen atoms in total. The van der Waals surface area contributed by atoms with E-state index in [0.29, 0.717) is 0 Å². The Labute approximate surface area is 130 Å². The monoisotopic (exact) mass is 336 g/mol. The van der Waals surface area contributed by atoms with Crippen LogP contribution < -0.4 is 9.47 Å². The zero-order valence-electron chi connectivity index (χ0n) is 12.2.